The molecule has 0 radical (unpaired) electrons. The van der Waals surface area contributed by atoms with Crippen molar-refractivity contribution in [3.63, 3.8) is 0 Å². The molecule has 0 aromatic heterocycles. The summed E-state index contributed by atoms with van der Waals surface area (Å²) in [5.41, 5.74) is 0. The highest BCUT2D eigenvalue weighted by molar-refractivity contribution is 7.71. The number of hydrogen-bond donors (Lipinski definition) is 2. The zero-order valence-corrected chi connectivity index (χ0v) is 18.6. The molecule has 30 heavy (non-hydrogen) atoms. The summed E-state index contributed by atoms with van der Waals surface area (Å²) in [6, 6.07) is 43.1. The lowest BCUT2D eigenvalue weighted by Gasteiger charge is -2.23. The third kappa shape index (κ3) is 5.63. The van der Waals surface area contributed by atoms with Gasteiger partial charge in [0.25, 0.3) is 0 Å². The Morgan fingerprint density at radius 2 is 0.600 bits per heavy atom. The maximum Gasteiger partial charge on any atom is 0.0253 e. The molecule has 0 spiro atoms. The number of benzene rings is 4. The average Bonchev–Trinajstić information content (AvgIpc) is 2.84. The Labute approximate surface area is 182 Å². The molecule has 2 N–H and O–H groups in total. The quantitative estimate of drug-likeness (QED) is 0.308. The lowest BCUT2D eigenvalue weighted by atomic mass is 10.4. The van der Waals surface area contributed by atoms with Crippen LogP contribution in [0, 0.1) is 0 Å². The van der Waals surface area contributed by atoms with E-state index in [0.717, 1.165) is 13.1 Å². The third-order valence-electron chi connectivity index (χ3n) is 4.72. The van der Waals surface area contributed by atoms with Crippen LogP contribution in [0.5, 0.6) is 0 Å². The van der Waals surface area contributed by atoms with Crippen LogP contribution < -0.4 is 31.4 Å². The second-order valence-corrected chi connectivity index (χ2v) is 10.9. The Morgan fingerprint density at radius 3 is 0.833 bits per heavy atom. The van der Waals surface area contributed by atoms with Gasteiger partial charge in [-0.05, 0) is 21.2 Å². The van der Waals surface area contributed by atoms with Crippen LogP contribution in [0.25, 0.3) is 0 Å². The van der Waals surface area contributed by atoms with E-state index in [2.05, 4.69) is 132 Å². The molecule has 0 saturated carbocycles. The molecule has 0 bridgehead atoms. The van der Waals surface area contributed by atoms with E-state index < -0.39 is 16.1 Å². The zero-order valence-electron chi connectivity index (χ0n) is 16.9. The molecular weight excluding hydrogens is 402 g/mol. The predicted octanol–water partition coefficient (Wildman–Crippen LogP) is 4.26. The average molecular weight is 428 g/mol. The fraction of sp³-hybridized carbons (Fsp3) is 0.0769. The number of rotatable bonds is 9. The van der Waals surface area contributed by atoms with Crippen molar-refractivity contribution < 1.29 is 0 Å². The van der Waals surface area contributed by atoms with Crippen LogP contribution in [-0.2, 0) is 0 Å². The molecule has 0 heterocycles. The number of hydrogen-bond acceptors (Lipinski definition) is 2. The van der Waals surface area contributed by atoms with E-state index in [9.17, 15) is 0 Å². The first-order chi connectivity index (χ1) is 14.9. The Kier molecular flexibility index (Phi) is 7.78. The Bertz CT molecular complexity index is 832. The van der Waals surface area contributed by atoms with Crippen LogP contribution in [0.1, 0.15) is 0 Å². The highest BCUT2D eigenvalue weighted by Gasteiger charge is 2.15. The fourth-order valence-corrected chi connectivity index (χ4v) is 7.19. The molecule has 0 aliphatic heterocycles. The molecule has 2 nitrogen and oxygen atoms in total. The van der Waals surface area contributed by atoms with E-state index in [1.54, 1.807) is 0 Å². The first kappa shape index (κ1) is 20.9. The van der Waals surface area contributed by atoms with Crippen LogP contribution in [0.2, 0.25) is 0 Å². The van der Waals surface area contributed by atoms with Gasteiger partial charge in [0.15, 0.2) is 0 Å². The summed E-state index contributed by atoms with van der Waals surface area (Å²) in [7, 11) is -1.15. The number of nitrogens with one attached hydrogen (secondary N) is 2. The van der Waals surface area contributed by atoms with Crippen molar-refractivity contribution in [3.8, 4) is 0 Å². The molecular formula is C26H26N2P2. The largest absolute Gasteiger partial charge is 0.287 e. The van der Waals surface area contributed by atoms with Crippen LogP contribution in [0.3, 0.4) is 0 Å². The van der Waals surface area contributed by atoms with E-state index in [1.807, 2.05) is 0 Å². The molecule has 4 heteroatoms. The molecule has 4 rings (SSSR count). The van der Waals surface area contributed by atoms with Gasteiger partial charge in [0.1, 0.15) is 0 Å². The molecule has 150 valence electrons. The Balaban J connectivity index is 1.45. The smallest absolute Gasteiger partial charge is 0.0253 e. The molecule has 0 saturated heterocycles. The first-order valence-electron chi connectivity index (χ1n) is 10.2. The van der Waals surface area contributed by atoms with Gasteiger partial charge in [-0.1, -0.05) is 121 Å². The molecule has 0 atom stereocenters. The molecule has 4 aromatic rings. The van der Waals surface area contributed by atoms with Gasteiger partial charge in [0.2, 0.25) is 0 Å². The molecule has 4 aromatic carbocycles. The Hall–Kier alpha value is -2.34. The summed E-state index contributed by atoms with van der Waals surface area (Å²) in [4.78, 5) is 0. The van der Waals surface area contributed by atoms with Crippen molar-refractivity contribution in [3.05, 3.63) is 121 Å². The second-order valence-electron chi connectivity index (χ2n) is 6.83. The third-order valence-corrected chi connectivity index (χ3v) is 9.06. The van der Waals surface area contributed by atoms with Crippen LogP contribution in [0.4, 0.5) is 0 Å². The van der Waals surface area contributed by atoms with Crippen molar-refractivity contribution in [2.45, 2.75) is 0 Å². The molecule has 0 amide bonds. The van der Waals surface area contributed by atoms with Gasteiger partial charge in [0, 0.05) is 29.2 Å². The topological polar surface area (TPSA) is 24.1 Å². The van der Waals surface area contributed by atoms with Crippen molar-refractivity contribution in [2.24, 2.45) is 0 Å². The van der Waals surface area contributed by atoms with Gasteiger partial charge in [-0.2, -0.15) is 0 Å². The molecule has 0 fully saturated rings. The lowest BCUT2D eigenvalue weighted by Crippen LogP contribution is -2.31. The standard InChI is InChI=1S/C26H26N2P2/c1-5-13-23(14-6-1)29(24-15-7-2-8-16-24)27-21-22-28-30(25-17-9-3-10-18-25)26-19-11-4-12-20-26/h1-20,27-28H,21-22H2. The molecule has 0 aliphatic rings. The highest BCUT2D eigenvalue weighted by Crippen LogP contribution is 2.30. The maximum atomic E-state index is 3.82. The van der Waals surface area contributed by atoms with Crippen molar-refractivity contribution in [1.29, 1.82) is 0 Å². The lowest BCUT2D eigenvalue weighted by molar-refractivity contribution is 0.862. The van der Waals surface area contributed by atoms with Gasteiger partial charge >= 0.3 is 0 Å². The van der Waals surface area contributed by atoms with E-state index in [0.29, 0.717) is 0 Å². The Morgan fingerprint density at radius 1 is 0.367 bits per heavy atom. The van der Waals surface area contributed by atoms with Crippen LogP contribution in [0.15, 0.2) is 121 Å². The van der Waals surface area contributed by atoms with E-state index in [1.165, 1.54) is 21.2 Å². The minimum absolute atomic E-state index is 0.573. The van der Waals surface area contributed by atoms with Gasteiger partial charge in [-0.15, -0.1) is 0 Å². The molecule has 0 unspecified atom stereocenters. The SMILES string of the molecule is c1ccc(P(NCCNP(c2ccccc2)c2ccccc2)c2ccccc2)cc1. The monoisotopic (exact) mass is 428 g/mol. The van der Waals surface area contributed by atoms with E-state index in [-0.39, 0.29) is 0 Å². The van der Waals surface area contributed by atoms with Crippen molar-refractivity contribution in [2.75, 3.05) is 13.1 Å². The van der Waals surface area contributed by atoms with Gasteiger partial charge in [-0.3, -0.25) is 10.2 Å². The predicted molar refractivity (Wildman–Crippen MR) is 134 cm³/mol. The van der Waals surface area contributed by atoms with Gasteiger partial charge in [-0.25, -0.2) is 0 Å². The highest BCUT2D eigenvalue weighted by atomic mass is 31.1. The fourth-order valence-electron chi connectivity index (χ4n) is 3.31. The zero-order chi connectivity index (χ0) is 20.4. The summed E-state index contributed by atoms with van der Waals surface area (Å²) >= 11 is 0. The second kappa shape index (κ2) is 11.2. The summed E-state index contributed by atoms with van der Waals surface area (Å²) in [5, 5.41) is 13.1. The van der Waals surface area contributed by atoms with Crippen LogP contribution >= 0.6 is 16.1 Å². The van der Waals surface area contributed by atoms with E-state index in [4.69, 9.17) is 0 Å². The van der Waals surface area contributed by atoms with Gasteiger partial charge < -0.3 is 0 Å². The minimum Gasteiger partial charge on any atom is -0.287 e. The van der Waals surface area contributed by atoms with Crippen molar-refractivity contribution >= 4 is 37.4 Å². The molecule has 0 aliphatic carbocycles. The minimum atomic E-state index is -0.573. The van der Waals surface area contributed by atoms with Gasteiger partial charge in [0.05, 0.1) is 0 Å². The summed E-state index contributed by atoms with van der Waals surface area (Å²) < 4.78 is 0. The van der Waals surface area contributed by atoms with Crippen molar-refractivity contribution in [1.82, 2.24) is 10.2 Å². The normalized spacial score (nSPS) is 11.1. The van der Waals surface area contributed by atoms with E-state index >= 15 is 0 Å². The first-order valence-corrected chi connectivity index (χ1v) is 12.9. The summed E-state index contributed by atoms with van der Waals surface area (Å²) in [5.74, 6) is 0. The maximum absolute atomic E-state index is 3.82. The summed E-state index contributed by atoms with van der Waals surface area (Å²) in [6.45, 7) is 1.82. The van der Waals surface area contributed by atoms with Crippen LogP contribution in [-0.4, -0.2) is 13.1 Å². The summed E-state index contributed by atoms with van der Waals surface area (Å²) in [6.07, 6.45) is 0.